The van der Waals surface area contributed by atoms with Crippen molar-refractivity contribution in [3.63, 3.8) is 0 Å². The van der Waals surface area contributed by atoms with Crippen molar-refractivity contribution >= 4 is 5.91 Å². The largest absolute Gasteiger partial charge is 0.497 e. The van der Waals surface area contributed by atoms with Gasteiger partial charge >= 0.3 is 0 Å². The smallest absolute Gasteiger partial charge is 0.224 e. The molecule has 5 heteroatoms. The molecule has 2 heterocycles. The number of pyridine rings is 1. The van der Waals surface area contributed by atoms with E-state index in [1.165, 1.54) is 5.56 Å². The number of rotatable bonds is 8. The predicted molar refractivity (Wildman–Crippen MR) is 126 cm³/mol. The summed E-state index contributed by atoms with van der Waals surface area (Å²) < 4.78 is 5.28. The standard InChI is InChI=1S/C27H31N3O2/c1-32-24-14-12-22(13-15-24)19-30-17-7-10-23(20-30)27(25-11-5-6-16-28-25)29-26(31)18-21-8-3-2-4-9-21/h2-6,8-9,11-16,23,27H,7,10,17-20H2,1H3,(H,29,31). The van der Waals surface area contributed by atoms with Crippen LogP contribution >= 0.6 is 0 Å². The van der Waals surface area contributed by atoms with Crippen molar-refractivity contribution < 1.29 is 9.53 Å². The number of hydrogen-bond donors (Lipinski definition) is 1. The summed E-state index contributed by atoms with van der Waals surface area (Å²) in [6.07, 6.45) is 4.38. The molecule has 0 saturated carbocycles. The van der Waals surface area contributed by atoms with E-state index in [0.29, 0.717) is 12.3 Å². The average Bonchev–Trinajstić information content (AvgIpc) is 2.84. The van der Waals surface area contributed by atoms with E-state index in [9.17, 15) is 4.79 Å². The maximum atomic E-state index is 12.9. The van der Waals surface area contributed by atoms with E-state index in [1.54, 1.807) is 7.11 Å². The lowest BCUT2D eigenvalue weighted by Crippen LogP contribution is -2.43. The second kappa shape index (κ2) is 10.9. The topological polar surface area (TPSA) is 54.5 Å². The van der Waals surface area contributed by atoms with Gasteiger partial charge in [-0.1, -0.05) is 48.5 Å². The lowest BCUT2D eigenvalue weighted by atomic mass is 9.88. The number of carbonyl (C=O) groups excluding carboxylic acids is 1. The zero-order valence-corrected chi connectivity index (χ0v) is 18.6. The zero-order valence-electron chi connectivity index (χ0n) is 18.6. The minimum absolute atomic E-state index is 0.0409. The summed E-state index contributed by atoms with van der Waals surface area (Å²) in [4.78, 5) is 20.0. The van der Waals surface area contributed by atoms with Gasteiger partial charge in [0.1, 0.15) is 5.75 Å². The van der Waals surface area contributed by atoms with Gasteiger partial charge in [0.15, 0.2) is 0 Å². The highest BCUT2D eigenvalue weighted by Crippen LogP contribution is 2.30. The molecule has 1 saturated heterocycles. The number of likely N-dealkylation sites (tertiary alicyclic amines) is 1. The van der Waals surface area contributed by atoms with Crippen molar-refractivity contribution in [3.8, 4) is 5.75 Å². The summed E-state index contributed by atoms with van der Waals surface area (Å²) in [5, 5.41) is 3.31. The van der Waals surface area contributed by atoms with Crippen LogP contribution in [-0.4, -0.2) is 36.0 Å². The van der Waals surface area contributed by atoms with Gasteiger partial charge in [0.25, 0.3) is 0 Å². The fourth-order valence-corrected chi connectivity index (χ4v) is 4.50. The second-order valence-electron chi connectivity index (χ2n) is 8.45. The van der Waals surface area contributed by atoms with Gasteiger partial charge in [-0.3, -0.25) is 14.7 Å². The number of piperidine rings is 1. The maximum absolute atomic E-state index is 12.9. The molecule has 0 radical (unpaired) electrons. The molecule has 2 unspecified atom stereocenters. The van der Waals surface area contributed by atoms with E-state index in [-0.39, 0.29) is 11.9 Å². The first-order valence-corrected chi connectivity index (χ1v) is 11.3. The highest BCUT2D eigenvalue weighted by molar-refractivity contribution is 5.79. The third-order valence-electron chi connectivity index (χ3n) is 6.11. The second-order valence-corrected chi connectivity index (χ2v) is 8.45. The first-order chi connectivity index (χ1) is 15.7. The Bertz CT molecular complexity index is 977. The van der Waals surface area contributed by atoms with Crippen LogP contribution in [0.3, 0.4) is 0 Å². The maximum Gasteiger partial charge on any atom is 0.224 e. The number of nitrogens with zero attached hydrogens (tertiary/aromatic N) is 2. The van der Waals surface area contributed by atoms with Gasteiger partial charge in [0.2, 0.25) is 5.91 Å². The van der Waals surface area contributed by atoms with Gasteiger partial charge in [0, 0.05) is 19.3 Å². The Labute approximate surface area is 190 Å². The number of ether oxygens (including phenoxy) is 1. The molecule has 32 heavy (non-hydrogen) atoms. The molecule has 1 fully saturated rings. The molecule has 166 valence electrons. The highest BCUT2D eigenvalue weighted by atomic mass is 16.5. The van der Waals surface area contributed by atoms with Gasteiger partial charge in [0.05, 0.1) is 25.3 Å². The van der Waals surface area contributed by atoms with E-state index in [4.69, 9.17) is 4.74 Å². The molecule has 0 spiro atoms. The Morgan fingerprint density at radius 2 is 1.84 bits per heavy atom. The van der Waals surface area contributed by atoms with Gasteiger partial charge in [-0.2, -0.15) is 0 Å². The van der Waals surface area contributed by atoms with Crippen LogP contribution in [0, 0.1) is 5.92 Å². The number of benzene rings is 2. The van der Waals surface area contributed by atoms with E-state index in [2.05, 4.69) is 27.3 Å². The van der Waals surface area contributed by atoms with Crippen LogP contribution in [0.25, 0.3) is 0 Å². The summed E-state index contributed by atoms with van der Waals surface area (Å²) in [7, 11) is 1.69. The molecule has 0 aliphatic carbocycles. The summed E-state index contributed by atoms with van der Waals surface area (Å²) in [6, 6.07) is 24.0. The Morgan fingerprint density at radius 1 is 1.06 bits per heavy atom. The summed E-state index contributed by atoms with van der Waals surface area (Å²) in [5.74, 6) is 1.23. The summed E-state index contributed by atoms with van der Waals surface area (Å²) in [5.41, 5.74) is 3.23. The Balaban J connectivity index is 1.45. The fraction of sp³-hybridized carbons (Fsp3) is 0.333. The van der Waals surface area contributed by atoms with Crippen LogP contribution < -0.4 is 10.1 Å². The monoisotopic (exact) mass is 429 g/mol. The first-order valence-electron chi connectivity index (χ1n) is 11.3. The molecular weight excluding hydrogens is 398 g/mol. The molecule has 2 aromatic carbocycles. The van der Waals surface area contributed by atoms with Gasteiger partial charge in [-0.15, -0.1) is 0 Å². The van der Waals surface area contributed by atoms with Crippen molar-refractivity contribution in [1.82, 2.24) is 15.2 Å². The summed E-state index contributed by atoms with van der Waals surface area (Å²) in [6.45, 7) is 2.89. The number of carbonyl (C=O) groups is 1. The van der Waals surface area contributed by atoms with Crippen molar-refractivity contribution in [2.24, 2.45) is 5.92 Å². The lowest BCUT2D eigenvalue weighted by molar-refractivity contribution is -0.121. The molecule has 1 N–H and O–H groups in total. The Kier molecular flexibility index (Phi) is 7.51. The van der Waals surface area contributed by atoms with E-state index < -0.39 is 0 Å². The minimum Gasteiger partial charge on any atom is -0.497 e. The van der Waals surface area contributed by atoms with Crippen LogP contribution in [0.5, 0.6) is 5.75 Å². The molecule has 5 nitrogen and oxygen atoms in total. The van der Waals surface area contributed by atoms with Gasteiger partial charge in [-0.05, 0) is 60.7 Å². The number of amides is 1. The highest BCUT2D eigenvalue weighted by Gasteiger charge is 2.30. The molecule has 3 aromatic rings. The van der Waals surface area contributed by atoms with Crippen molar-refractivity contribution in [1.29, 1.82) is 0 Å². The molecule has 1 amide bonds. The van der Waals surface area contributed by atoms with E-state index in [0.717, 1.165) is 49.5 Å². The third-order valence-corrected chi connectivity index (χ3v) is 6.11. The van der Waals surface area contributed by atoms with Crippen LogP contribution in [0.15, 0.2) is 79.0 Å². The third kappa shape index (κ3) is 5.95. The Hall–Kier alpha value is -3.18. The van der Waals surface area contributed by atoms with E-state index >= 15 is 0 Å². The SMILES string of the molecule is COc1ccc(CN2CCCC(C(NC(=O)Cc3ccccc3)c3ccccn3)C2)cc1. The number of methoxy groups -OCH3 is 1. The average molecular weight is 430 g/mol. The zero-order chi connectivity index (χ0) is 22.2. The van der Waals surface area contributed by atoms with E-state index in [1.807, 2.05) is 66.9 Å². The minimum atomic E-state index is -0.0916. The Morgan fingerprint density at radius 3 is 2.56 bits per heavy atom. The summed E-state index contributed by atoms with van der Waals surface area (Å²) >= 11 is 0. The van der Waals surface area contributed by atoms with Crippen molar-refractivity contribution in [2.75, 3.05) is 20.2 Å². The first kappa shape index (κ1) is 22.0. The van der Waals surface area contributed by atoms with Crippen molar-refractivity contribution in [2.45, 2.75) is 31.8 Å². The van der Waals surface area contributed by atoms with Crippen LogP contribution in [0.4, 0.5) is 0 Å². The molecule has 1 aliphatic rings. The van der Waals surface area contributed by atoms with Crippen molar-refractivity contribution in [3.05, 3.63) is 95.8 Å². The van der Waals surface area contributed by atoms with Crippen LogP contribution in [0.2, 0.25) is 0 Å². The molecule has 2 atom stereocenters. The molecule has 1 aromatic heterocycles. The van der Waals surface area contributed by atoms with Crippen LogP contribution in [-0.2, 0) is 17.8 Å². The quantitative estimate of drug-likeness (QED) is 0.577. The predicted octanol–water partition coefficient (Wildman–Crippen LogP) is 4.40. The molecular formula is C27H31N3O2. The fourth-order valence-electron chi connectivity index (χ4n) is 4.50. The number of nitrogens with one attached hydrogen (secondary N) is 1. The number of hydrogen-bond acceptors (Lipinski definition) is 4. The van der Waals surface area contributed by atoms with Gasteiger partial charge < -0.3 is 10.1 Å². The van der Waals surface area contributed by atoms with Gasteiger partial charge in [-0.25, -0.2) is 0 Å². The molecule has 4 rings (SSSR count). The number of aromatic nitrogens is 1. The van der Waals surface area contributed by atoms with Crippen LogP contribution in [0.1, 0.15) is 35.7 Å². The molecule has 0 bridgehead atoms. The molecule has 1 aliphatic heterocycles. The normalized spacial score (nSPS) is 17.5. The lowest BCUT2D eigenvalue weighted by Gasteiger charge is -2.37.